The summed E-state index contributed by atoms with van der Waals surface area (Å²) in [6.07, 6.45) is 3.92. The van der Waals surface area contributed by atoms with Gasteiger partial charge < -0.3 is 20.3 Å². The number of nitrogens with one attached hydrogen (secondary N) is 2. The van der Waals surface area contributed by atoms with Gasteiger partial charge in [0.05, 0.1) is 5.60 Å². The van der Waals surface area contributed by atoms with Gasteiger partial charge in [-0.25, -0.2) is 0 Å². The Bertz CT molecular complexity index is 299. The molecule has 1 unspecified atom stereocenters. The summed E-state index contributed by atoms with van der Waals surface area (Å²) in [5.74, 6) is -0.00219. The molecule has 110 valence electrons. The normalized spacial score (nSPS) is 24.5. The van der Waals surface area contributed by atoms with E-state index in [2.05, 4.69) is 22.5 Å². The minimum Gasteiger partial charge on any atom is -0.363 e. The Morgan fingerprint density at radius 3 is 2.63 bits per heavy atom. The van der Waals surface area contributed by atoms with E-state index in [1.54, 1.807) is 0 Å². The van der Waals surface area contributed by atoms with Crippen molar-refractivity contribution in [1.29, 1.82) is 0 Å². The van der Waals surface area contributed by atoms with Crippen LogP contribution in [0.2, 0.25) is 0 Å². The number of ether oxygens (including phenoxy) is 1. The number of nitrogens with zero attached hydrogens (tertiary/aromatic N) is 1. The predicted octanol–water partition coefficient (Wildman–Crippen LogP) is 0.356. The Kier molecular flexibility index (Phi) is 5.19. The van der Waals surface area contributed by atoms with Crippen LogP contribution in [-0.4, -0.2) is 61.8 Å². The fraction of sp³-hybridized carbons (Fsp3) is 0.929. The quantitative estimate of drug-likeness (QED) is 0.731. The van der Waals surface area contributed by atoms with Crippen LogP contribution in [0.5, 0.6) is 0 Å². The Morgan fingerprint density at radius 2 is 2.05 bits per heavy atom. The smallest absolute Gasteiger partial charge is 0.246 e. The number of rotatable bonds is 6. The van der Waals surface area contributed by atoms with Crippen LogP contribution >= 0.6 is 0 Å². The molecule has 2 saturated heterocycles. The Morgan fingerprint density at radius 1 is 1.37 bits per heavy atom. The molecule has 0 aromatic rings. The molecule has 1 amide bonds. The summed E-state index contributed by atoms with van der Waals surface area (Å²) >= 11 is 0. The lowest BCUT2D eigenvalue weighted by Gasteiger charge is -2.38. The van der Waals surface area contributed by atoms with Crippen LogP contribution in [0.4, 0.5) is 0 Å². The van der Waals surface area contributed by atoms with E-state index in [4.69, 9.17) is 4.74 Å². The van der Waals surface area contributed by atoms with Gasteiger partial charge in [-0.05, 0) is 39.8 Å². The summed E-state index contributed by atoms with van der Waals surface area (Å²) in [6, 6.07) is 0.196. The fourth-order valence-electron chi connectivity index (χ4n) is 2.71. The van der Waals surface area contributed by atoms with Crippen LogP contribution in [0.1, 0.15) is 33.1 Å². The highest BCUT2D eigenvalue weighted by Gasteiger charge is 2.33. The fourth-order valence-corrected chi connectivity index (χ4v) is 2.71. The Labute approximate surface area is 116 Å². The van der Waals surface area contributed by atoms with Gasteiger partial charge >= 0.3 is 0 Å². The highest BCUT2D eigenvalue weighted by atomic mass is 16.5. The molecule has 2 rings (SSSR count). The summed E-state index contributed by atoms with van der Waals surface area (Å²) in [7, 11) is 0. The third kappa shape index (κ3) is 4.75. The third-order valence-corrected chi connectivity index (χ3v) is 3.94. The zero-order valence-electron chi connectivity index (χ0n) is 12.2. The van der Waals surface area contributed by atoms with Gasteiger partial charge in [-0.3, -0.25) is 4.79 Å². The first-order valence-corrected chi connectivity index (χ1v) is 7.44. The SMILES string of the molecule is CC(CN1CCCCC1)NC(=O)COC1(C)CNC1. The third-order valence-electron chi connectivity index (χ3n) is 3.94. The van der Waals surface area contributed by atoms with Gasteiger partial charge in [-0.15, -0.1) is 0 Å². The largest absolute Gasteiger partial charge is 0.363 e. The summed E-state index contributed by atoms with van der Waals surface area (Å²) in [4.78, 5) is 14.2. The van der Waals surface area contributed by atoms with Gasteiger partial charge in [0.15, 0.2) is 0 Å². The van der Waals surface area contributed by atoms with E-state index in [1.165, 1.54) is 32.4 Å². The highest BCUT2D eigenvalue weighted by Crippen LogP contribution is 2.14. The first-order chi connectivity index (χ1) is 9.07. The molecule has 0 bridgehead atoms. The van der Waals surface area contributed by atoms with Crippen molar-refractivity contribution in [3.05, 3.63) is 0 Å². The zero-order chi connectivity index (χ0) is 13.7. The van der Waals surface area contributed by atoms with E-state index >= 15 is 0 Å². The van der Waals surface area contributed by atoms with Crippen molar-refractivity contribution in [2.24, 2.45) is 0 Å². The van der Waals surface area contributed by atoms with Crippen molar-refractivity contribution in [3.8, 4) is 0 Å². The molecule has 0 aromatic carbocycles. The lowest BCUT2D eigenvalue weighted by molar-refractivity contribution is -0.136. The van der Waals surface area contributed by atoms with Crippen molar-refractivity contribution in [3.63, 3.8) is 0 Å². The molecule has 19 heavy (non-hydrogen) atoms. The lowest BCUT2D eigenvalue weighted by atomic mass is 10.0. The second-order valence-electron chi connectivity index (χ2n) is 6.17. The second-order valence-corrected chi connectivity index (χ2v) is 6.17. The van der Waals surface area contributed by atoms with Crippen molar-refractivity contribution < 1.29 is 9.53 Å². The summed E-state index contributed by atoms with van der Waals surface area (Å²) < 4.78 is 5.63. The lowest BCUT2D eigenvalue weighted by Crippen LogP contribution is -2.60. The van der Waals surface area contributed by atoms with Crippen LogP contribution < -0.4 is 10.6 Å². The second kappa shape index (κ2) is 6.68. The molecule has 2 aliphatic rings. The number of amides is 1. The minimum atomic E-state index is -0.145. The number of hydrogen-bond donors (Lipinski definition) is 2. The molecular formula is C14H27N3O2. The number of hydrogen-bond acceptors (Lipinski definition) is 4. The summed E-state index contributed by atoms with van der Waals surface area (Å²) in [5.41, 5.74) is -0.145. The van der Waals surface area contributed by atoms with Crippen LogP contribution in [0.3, 0.4) is 0 Å². The minimum absolute atomic E-state index is 0.00219. The van der Waals surface area contributed by atoms with Crippen molar-refractivity contribution in [2.45, 2.75) is 44.8 Å². The maximum atomic E-state index is 11.8. The van der Waals surface area contributed by atoms with Gasteiger partial charge in [-0.2, -0.15) is 0 Å². The molecule has 1 atom stereocenters. The molecule has 0 aromatic heterocycles. The van der Waals surface area contributed by atoms with E-state index < -0.39 is 0 Å². The van der Waals surface area contributed by atoms with Crippen LogP contribution in [0.25, 0.3) is 0 Å². The van der Waals surface area contributed by atoms with Gasteiger partial charge in [0.2, 0.25) is 5.91 Å². The van der Waals surface area contributed by atoms with Crippen LogP contribution in [-0.2, 0) is 9.53 Å². The molecule has 0 radical (unpaired) electrons. The standard InChI is InChI=1S/C14H27N3O2/c1-12(8-17-6-4-3-5-7-17)16-13(18)9-19-14(2)10-15-11-14/h12,15H,3-11H2,1-2H3,(H,16,18). The molecular weight excluding hydrogens is 242 g/mol. The summed E-state index contributed by atoms with van der Waals surface area (Å²) in [6.45, 7) is 9.23. The van der Waals surface area contributed by atoms with Crippen LogP contribution in [0.15, 0.2) is 0 Å². The molecule has 2 fully saturated rings. The number of carbonyl (C=O) groups is 1. The Hall–Kier alpha value is -0.650. The van der Waals surface area contributed by atoms with Gasteiger partial charge in [0.25, 0.3) is 0 Å². The molecule has 2 N–H and O–H groups in total. The molecule has 5 heteroatoms. The first kappa shape index (κ1) is 14.8. The van der Waals surface area contributed by atoms with E-state index in [0.717, 1.165) is 19.6 Å². The molecule has 2 heterocycles. The molecule has 2 aliphatic heterocycles. The average molecular weight is 269 g/mol. The predicted molar refractivity (Wildman–Crippen MR) is 75.1 cm³/mol. The average Bonchev–Trinajstić information content (AvgIpc) is 2.35. The highest BCUT2D eigenvalue weighted by molar-refractivity contribution is 5.77. The molecule has 0 aliphatic carbocycles. The number of carbonyl (C=O) groups excluding carboxylic acids is 1. The van der Waals surface area contributed by atoms with Crippen LogP contribution in [0, 0.1) is 0 Å². The van der Waals surface area contributed by atoms with Crippen molar-refractivity contribution in [2.75, 3.05) is 39.3 Å². The van der Waals surface area contributed by atoms with Crippen molar-refractivity contribution in [1.82, 2.24) is 15.5 Å². The summed E-state index contributed by atoms with van der Waals surface area (Å²) in [5, 5.41) is 6.18. The maximum absolute atomic E-state index is 11.8. The first-order valence-electron chi connectivity index (χ1n) is 7.44. The Balaban J connectivity index is 1.60. The van der Waals surface area contributed by atoms with Crippen molar-refractivity contribution >= 4 is 5.91 Å². The zero-order valence-corrected chi connectivity index (χ0v) is 12.2. The molecule has 0 saturated carbocycles. The van der Waals surface area contributed by atoms with E-state index in [9.17, 15) is 4.79 Å². The van der Waals surface area contributed by atoms with Gasteiger partial charge in [0.1, 0.15) is 6.61 Å². The van der Waals surface area contributed by atoms with Gasteiger partial charge in [-0.1, -0.05) is 6.42 Å². The maximum Gasteiger partial charge on any atom is 0.246 e. The van der Waals surface area contributed by atoms with E-state index in [1.807, 2.05) is 6.92 Å². The monoisotopic (exact) mass is 269 g/mol. The topological polar surface area (TPSA) is 53.6 Å². The molecule has 0 spiro atoms. The van der Waals surface area contributed by atoms with E-state index in [0.29, 0.717) is 0 Å². The molecule has 5 nitrogen and oxygen atoms in total. The van der Waals surface area contributed by atoms with Gasteiger partial charge in [0, 0.05) is 25.7 Å². The van der Waals surface area contributed by atoms with E-state index in [-0.39, 0.29) is 24.2 Å². The number of likely N-dealkylation sites (tertiary alicyclic amines) is 1. The number of piperidine rings is 1.